The van der Waals surface area contributed by atoms with Crippen molar-refractivity contribution in [1.29, 1.82) is 0 Å². The average Bonchev–Trinajstić information content (AvgIpc) is 2.62. The third-order valence-electron chi connectivity index (χ3n) is 4.03. The molecule has 1 aliphatic rings. The number of nitrogens with zero attached hydrogens (tertiary/aromatic N) is 1. The second-order valence-electron chi connectivity index (χ2n) is 5.99. The zero-order valence-corrected chi connectivity index (χ0v) is 15.2. The maximum atomic E-state index is 12.1. The summed E-state index contributed by atoms with van der Waals surface area (Å²) >= 11 is 0. The van der Waals surface area contributed by atoms with Gasteiger partial charge in [0.2, 0.25) is 15.8 Å². The van der Waals surface area contributed by atoms with Gasteiger partial charge in [0.1, 0.15) is 24.4 Å². The largest absolute Gasteiger partial charge is 0.501 e. The highest BCUT2D eigenvalue weighted by Crippen LogP contribution is 2.36. The molecule has 0 radical (unpaired) electrons. The molecule has 1 aromatic rings. The first-order valence-corrected chi connectivity index (χ1v) is 9.33. The highest BCUT2D eigenvalue weighted by atomic mass is 32.2. The molecule has 16 heteroatoms. The van der Waals surface area contributed by atoms with E-state index in [0.717, 1.165) is 0 Å². The lowest BCUT2D eigenvalue weighted by Crippen LogP contribution is -2.64. The fraction of sp³-hybridized carbons (Fsp3) is 0.462. The van der Waals surface area contributed by atoms with Gasteiger partial charge in [0, 0.05) is 6.07 Å². The molecule has 15 nitrogen and oxygen atoms in total. The minimum atomic E-state index is -4.44. The molecule has 9 N–H and O–H groups in total. The minimum Gasteiger partial charge on any atom is -0.501 e. The molecular weight excluding hydrogens is 420 g/mol. The molecule has 1 unspecified atom stereocenters. The number of amides is 2. The molecule has 2 rings (SSSR count). The first-order chi connectivity index (χ1) is 13.4. The van der Waals surface area contributed by atoms with Gasteiger partial charge in [-0.05, 0) is 6.07 Å². The fourth-order valence-electron chi connectivity index (χ4n) is 2.55. The van der Waals surface area contributed by atoms with Crippen LogP contribution in [0.3, 0.4) is 0 Å². The van der Waals surface area contributed by atoms with Gasteiger partial charge in [-0.2, -0.15) is 0 Å². The van der Waals surface area contributed by atoms with Crippen molar-refractivity contribution in [3.8, 4) is 5.75 Å². The molecule has 29 heavy (non-hydrogen) atoms. The van der Waals surface area contributed by atoms with E-state index in [1.165, 1.54) is 0 Å². The Labute approximate surface area is 162 Å². The highest BCUT2D eigenvalue weighted by Gasteiger charge is 2.44. The molecule has 1 aliphatic heterocycles. The Morgan fingerprint density at radius 3 is 2.41 bits per heavy atom. The van der Waals surface area contributed by atoms with Gasteiger partial charge in [0.15, 0.2) is 6.29 Å². The summed E-state index contributed by atoms with van der Waals surface area (Å²) in [6, 6.07) is -1.73. The Morgan fingerprint density at radius 2 is 1.90 bits per heavy atom. The van der Waals surface area contributed by atoms with Crippen molar-refractivity contribution in [2.45, 2.75) is 35.5 Å². The first kappa shape index (κ1) is 22.7. The van der Waals surface area contributed by atoms with Crippen LogP contribution in [0.2, 0.25) is 0 Å². The Bertz CT molecular complexity index is 908. The summed E-state index contributed by atoms with van der Waals surface area (Å²) < 4.78 is 27.8. The van der Waals surface area contributed by atoms with Gasteiger partial charge in [-0.3, -0.25) is 10.1 Å². The molecule has 0 aromatic heterocycles. The second kappa shape index (κ2) is 8.41. The lowest BCUT2D eigenvalue weighted by molar-refractivity contribution is -0.386. The number of nitrogens with two attached hydrogens (primary N) is 1. The molecule has 0 aliphatic carbocycles. The number of rotatable bonds is 5. The van der Waals surface area contributed by atoms with E-state index >= 15 is 0 Å². The number of aliphatic hydroxyl groups excluding tert-OH is 4. The number of nitro groups is 1. The van der Waals surface area contributed by atoms with Gasteiger partial charge >= 0.3 is 11.7 Å². The minimum absolute atomic E-state index is 0.488. The number of carbonyl (C=O) groups is 1. The predicted molar refractivity (Wildman–Crippen MR) is 92.1 cm³/mol. The maximum absolute atomic E-state index is 12.1. The number of hydrogen-bond donors (Lipinski definition) is 8. The van der Waals surface area contributed by atoms with Gasteiger partial charge in [0.25, 0.3) is 0 Å². The number of aliphatic hydroxyl groups is 4. The first-order valence-electron chi connectivity index (χ1n) is 7.79. The summed E-state index contributed by atoms with van der Waals surface area (Å²) in [6.07, 6.45) is -6.62. The summed E-state index contributed by atoms with van der Waals surface area (Å²) in [5.74, 6) is -1.08. The molecule has 1 fully saturated rings. The number of nitrogens with one attached hydrogen (secondary N) is 2. The Kier molecular flexibility index (Phi) is 6.58. The Balaban J connectivity index is 2.26. The molecule has 0 bridgehead atoms. The molecule has 5 atom stereocenters. The van der Waals surface area contributed by atoms with E-state index in [4.69, 9.17) is 15.0 Å². The molecular formula is C13H18N4O11S. The van der Waals surface area contributed by atoms with Gasteiger partial charge in [-0.1, -0.05) is 0 Å². The van der Waals surface area contributed by atoms with Crippen LogP contribution in [-0.4, -0.2) is 82.2 Å². The van der Waals surface area contributed by atoms with Crippen molar-refractivity contribution in [1.82, 2.24) is 5.32 Å². The predicted octanol–water partition coefficient (Wildman–Crippen LogP) is -3.13. The number of primary sulfonamides is 1. The third-order valence-corrected chi connectivity index (χ3v) is 4.93. The topological polar surface area (TPSA) is 255 Å². The summed E-state index contributed by atoms with van der Waals surface area (Å²) in [6.45, 7) is -0.730. The smallest absolute Gasteiger partial charge is 0.319 e. The van der Waals surface area contributed by atoms with Gasteiger partial charge < -0.3 is 40.9 Å². The molecule has 1 saturated heterocycles. The molecule has 162 valence electrons. The number of anilines is 1. The Hall–Kier alpha value is -2.60. The third kappa shape index (κ3) is 4.88. The number of phenolic OH excluding ortho intramolecular Hbond substituents is 1. The van der Waals surface area contributed by atoms with Crippen LogP contribution in [0.5, 0.6) is 5.75 Å². The number of ether oxygens (including phenoxy) is 1. The quantitative estimate of drug-likeness (QED) is 0.129. The number of aromatic hydroxyl groups is 1. The SMILES string of the molecule is NS(=O)(=O)c1cc(NC(=O)N[C@@H]2C(O)O[C@@H](CO)[C@H](O)[C@H]2O)c(O)c([N+](=O)[O-])c1. The van der Waals surface area contributed by atoms with E-state index in [2.05, 4.69) is 0 Å². The summed E-state index contributed by atoms with van der Waals surface area (Å²) in [5.41, 5.74) is -1.77. The second-order valence-corrected chi connectivity index (χ2v) is 7.56. The van der Waals surface area contributed by atoms with Crippen LogP contribution < -0.4 is 15.8 Å². The van der Waals surface area contributed by atoms with Crippen molar-refractivity contribution in [2.75, 3.05) is 11.9 Å². The normalized spacial score (nSPS) is 27.3. The standard InChI is InChI=1S/C13H18N4O11S/c14-29(26,27)4-1-5(9(19)6(2-4)17(24)25)15-13(23)16-8-11(21)10(20)7(3-18)28-12(8)22/h1-2,7-8,10-12,18-22H,3H2,(H2,14,26,27)(H2,15,16,23)/t7-,8-,10-,11-,12?/m0/s1. The zero-order valence-electron chi connectivity index (χ0n) is 14.4. The van der Waals surface area contributed by atoms with E-state index in [1.807, 2.05) is 10.6 Å². The van der Waals surface area contributed by atoms with Crippen LogP contribution in [0.4, 0.5) is 16.2 Å². The highest BCUT2D eigenvalue weighted by molar-refractivity contribution is 7.89. The van der Waals surface area contributed by atoms with Crippen LogP contribution in [0.15, 0.2) is 17.0 Å². The zero-order chi connectivity index (χ0) is 22.1. The van der Waals surface area contributed by atoms with Crippen molar-refractivity contribution in [3.05, 3.63) is 22.2 Å². The van der Waals surface area contributed by atoms with Crippen molar-refractivity contribution in [2.24, 2.45) is 5.14 Å². The van der Waals surface area contributed by atoms with Gasteiger partial charge in [-0.25, -0.2) is 18.4 Å². The maximum Gasteiger partial charge on any atom is 0.319 e. The van der Waals surface area contributed by atoms with E-state index < -0.39 is 80.2 Å². The van der Waals surface area contributed by atoms with Crippen molar-refractivity contribution < 1.29 is 48.4 Å². The molecule has 2 amide bonds. The summed E-state index contributed by atoms with van der Waals surface area (Å²) in [4.78, 5) is 21.2. The molecule has 0 spiro atoms. The van der Waals surface area contributed by atoms with E-state index in [9.17, 15) is 43.8 Å². The lowest BCUT2D eigenvalue weighted by atomic mass is 9.97. The number of nitro benzene ring substituents is 1. The fourth-order valence-corrected chi connectivity index (χ4v) is 3.11. The molecule has 0 saturated carbocycles. The van der Waals surface area contributed by atoms with Crippen molar-refractivity contribution in [3.63, 3.8) is 0 Å². The monoisotopic (exact) mass is 438 g/mol. The van der Waals surface area contributed by atoms with Gasteiger partial charge in [-0.15, -0.1) is 0 Å². The van der Waals surface area contributed by atoms with Crippen LogP contribution in [-0.2, 0) is 14.8 Å². The Morgan fingerprint density at radius 1 is 1.28 bits per heavy atom. The van der Waals surface area contributed by atoms with Crippen LogP contribution in [0.1, 0.15) is 0 Å². The number of urea groups is 1. The average molecular weight is 438 g/mol. The van der Waals surface area contributed by atoms with E-state index in [0.29, 0.717) is 12.1 Å². The summed E-state index contributed by atoms with van der Waals surface area (Å²) in [5, 5.41) is 68.3. The van der Waals surface area contributed by atoms with Crippen molar-refractivity contribution >= 4 is 27.4 Å². The van der Waals surface area contributed by atoms with E-state index in [-0.39, 0.29) is 0 Å². The molecule has 1 aromatic carbocycles. The van der Waals surface area contributed by atoms with Crippen LogP contribution in [0, 0.1) is 10.1 Å². The van der Waals surface area contributed by atoms with Crippen LogP contribution in [0.25, 0.3) is 0 Å². The number of hydrogen-bond acceptors (Lipinski definition) is 11. The summed E-state index contributed by atoms with van der Waals surface area (Å²) in [7, 11) is -4.44. The van der Waals surface area contributed by atoms with E-state index in [1.54, 1.807) is 0 Å². The lowest BCUT2D eigenvalue weighted by Gasteiger charge is -2.40. The van der Waals surface area contributed by atoms with Crippen LogP contribution >= 0.6 is 0 Å². The number of benzene rings is 1. The van der Waals surface area contributed by atoms with Gasteiger partial charge in [0.05, 0.1) is 22.1 Å². The molecule has 1 heterocycles. The number of phenols is 1. The number of carbonyl (C=O) groups excluding carboxylic acids is 1. The number of sulfonamides is 1.